The molecule has 1 saturated carbocycles. The number of nitrogens with zero attached hydrogens (tertiary/aromatic N) is 4. The van der Waals surface area contributed by atoms with E-state index in [1.54, 1.807) is 27.8 Å². The fourth-order valence-electron chi connectivity index (χ4n) is 3.71. The van der Waals surface area contributed by atoms with Crippen LogP contribution >= 0.6 is 0 Å². The molecule has 0 bridgehead atoms. The third-order valence-corrected chi connectivity index (χ3v) is 7.60. The van der Waals surface area contributed by atoms with Gasteiger partial charge in [0.15, 0.2) is 5.78 Å². The van der Waals surface area contributed by atoms with Gasteiger partial charge in [-0.3, -0.25) is 9.48 Å². The predicted molar refractivity (Wildman–Crippen MR) is 104 cm³/mol. The Hall–Kier alpha value is -1.93. The normalized spacial score (nSPS) is 14.9. The molecule has 148 valence electrons. The number of ketones is 1. The molecule has 0 atom stereocenters. The summed E-state index contributed by atoms with van der Waals surface area (Å²) in [5, 5.41) is 4.35. The second kappa shape index (κ2) is 6.91. The van der Waals surface area contributed by atoms with Crippen molar-refractivity contribution >= 4 is 15.8 Å². The molecule has 8 heteroatoms. The summed E-state index contributed by atoms with van der Waals surface area (Å²) in [6.07, 6.45) is 2.32. The van der Waals surface area contributed by atoms with Gasteiger partial charge in [0.2, 0.25) is 10.0 Å². The molecule has 0 spiro atoms. The molecule has 3 rings (SSSR count). The van der Waals surface area contributed by atoms with Crippen molar-refractivity contribution in [2.75, 3.05) is 13.6 Å². The van der Waals surface area contributed by atoms with Crippen LogP contribution in [0.15, 0.2) is 11.0 Å². The quantitative estimate of drug-likeness (QED) is 0.679. The SMILES string of the molecule is CCN(C)S(=O)(=O)c1c(C)nn(CC(=O)c2cc(C)n(C3CC3)c2C)c1C. The molecule has 1 aliphatic rings. The third-order valence-electron chi connectivity index (χ3n) is 5.42. The van der Waals surface area contributed by atoms with Crippen molar-refractivity contribution in [3.63, 3.8) is 0 Å². The van der Waals surface area contributed by atoms with Crippen LogP contribution < -0.4 is 0 Å². The zero-order valence-electron chi connectivity index (χ0n) is 16.9. The molecule has 27 heavy (non-hydrogen) atoms. The van der Waals surface area contributed by atoms with E-state index < -0.39 is 10.0 Å². The Labute approximate surface area is 161 Å². The number of Topliss-reactive ketones (excluding diaryl/α,β-unsaturated/α-hetero) is 1. The maximum absolute atomic E-state index is 12.9. The Bertz CT molecular complexity index is 997. The van der Waals surface area contributed by atoms with E-state index in [4.69, 9.17) is 0 Å². The lowest BCUT2D eigenvalue weighted by atomic mass is 10.1. The zero-order valence-corrected chi connectivity index (χ0v) is 17.7. The van der Waals surface area contributed by atoms with Crippen LogP contribution in [0.5, 0.6) is 0 Å². The summed E-state index contributed by atoms with van der Waals surface area (Å²) in [7, 11) is -2.06. The number of rotatable bonds is 7. The van der Waals surface area contributed by atoms with Gasteiger partial charge in [-0.2, -0.15) is 5.10 Å². The number of hydrogen-bond acceptors (Lipinski definition) is 4. The minimum atomic E-state index is -3.61. The van der Waals surface area contributed by atoms with Crippen LogP contribution in [-0.4, -0.2) is 46.4 Å². The summed E-state index contributed by atoms with van der Waals surface area (Å²) in [5.41, 5.74) is 3.70. The highest BCUT2D eigenvalue weighted by atomic mass is 32.2. The topological polar surface area (TPSA) is 77.2 Å². The highest BCUT2D eigenvalue weighted by Gasteiger charge is 2.30. The number of sulfonamides is 1. The fourth-order valence-corrected chi connectivity index (χ4v) is 5.25. The Morgan fingerprint density at radius 1 is 1.22 bits per heavy atom. The van der Waals surface area contributed by atoms with Crippen LogP contribution in [0.1, 0.15) is 58.9 Å². The highest BCUT2D eigenvalue weighted by Crippen LogP contribution is 2.38. The Balaban J connectivity index is 1.92. The van der Waals surface area contributed by atoms with Gasteiger partial charge < -0.3 is 4.57 Å². The lowest BCUT2D eigenvalue weighted by molar-refractivity contribution is 0.0966. The molecule has 1 aliphatic carbocycles. The van der Waals surface area contributed by atoms with Gasteiger partial charge in [-0.15, -0.1) is 0 Å². The molecule has 7 nitrogen and oxygen atoms in total. The summed E-state index contributed by atoms with van der Waals surface area (Å²) in [6, 6.07) is 2.45. The van der Waals surface area contributed by atoms with Crippen molar-refractivity contribution in [2.24, 2.45) is 0 Å². The second-order valence-electron chi connectivity index (χ2n) is 7.39. The van der Waals surface area contributed by atoms with Crippen molar-refractivity contribution in [3.8, 4) is 0 Å². The van der Waals surface area contributed by atoms with Crippen molar-refractivity contribution in [2.45, 2.75) is 64.9 Å². The van der Waals surface area contributed by atoms with Crippen LogP contribution in [0.4, 0.5) is 0 Å². The van der Waals surface area contributed by atoms with Crippen molar-refractivity contribution in [1.82, 2.24) is 18.7 Å². The van der Waals surface area contributed by atoms with E-state index in [0.717, 1.165) is 24.2 Å². The van der Waals surface area contributed by atoms with Crippen LogP contribution in [0.25, 0.3) is 0 Å². The molecule has 1 fully saturated rings. The maximum atomic E-state index is 12.9. The molecule has 2 aromatic heterocycles. The minimum Gasteiger partial charge on any atom is -0.345 e. The molecule has 0 aliphatic heterocycles. The molecule has 0 radical (unpaired) electrons. The van der Waals surface area contributed by atoms with Crippen LogP contribution in [-0.2, 0) is 16.6 Å². The Kier molecular flexibility index (Phi) is 5.07. The molecular formula is C19H28N4O3S. The van der Waals surface area contributed by atoms with E-state index in [1.165, 1.54) is 8.99 Å². The average Bonchev–Trinajstić information content (AvgIpc) is 3.32. The molecule has 0 amide bonds. The summed E-state index contributed by atoms with van der Waals surface area (Å²) in [6.45, 7) is 9.57. The first kappa shape index (κ1) is 19.8. The van der Waals surface area contributed by atoms with E-state index in [-0.39, 0.29) is 17.2 Å². The van der Waals surface area contributed by atoms with Gasteiger partial charge in [-0.25, -0.2) is 12.7 Å². The monoisotopic (exact) mass is 392 g/mol. The van der Waals surface area contributed by atoms with E-state index >= 15 is 0 Å². The largest absolute Gasteiger partial charge is 0.345 e. The number of hydrogen-bond donors (Lipinski definition) is 0. The molecule has 0 aromatic carbocycles. The van der Waals surface area contributed by atoms with E-state index in [9.17, 15) is 13.2 Å². The van der Waals surface area contributed by atoms with Gasteiger partial charge in [-0.1, -0.05) is 6.92 Å². The fraction of sp³-hybridized carbons (Fsp3) is 0.579. The van der Waals surface area contributed by atoms with Gasteiger partial charge in [0.1, 0.15) is 11.4 Å². The Morgan fingerprint density at radius 2 is 1.85 bits per heavy atom. The Morgan fingerprint density at radius 3 is 2.41 bits per heavy atom. The summed E-state index contributed by atoms with van der Waals surface area (Å²) >= 11 is 0. The van der Waals surface area contributed by atoms with Gasteiger partial charge in [0, 0.05) is 36.6 Å². The molecule has 0 N–H and O–H groups in total. The summed E-state index contributed by atoms with van der Waals surface area (Å²) < 4.78 is 30.5. The first-order valence-electron chi connectivity index (χ1n) is 9.31. The van der Waals surface area contributed by atoms with Crippen molar-refractivity contribution in [3.05, 3.63) is 34.4 Å². The highest BCUT2D eigenvalue weighted by molar-refractivity contribution is 7.89. The predicted octanol–water partition coefficient (Wildman–Crippen LogP) is 2.78. The van der Waals surface area contributed by atoms with Gasteiger partial charge in [0.05, 0.1) is 11.4 Å². The first-order valence-corrected chi connectivity index (χ1v) is 10.8. The van der Waals surface area contributed by atoms with Gasteiger partial charge >= 0.3 is 0 Å². The third kappa shape index (κ3) is 3.36. The number of aryl methyl sites for hydroxylation is 2. The summed E-state index contributed by atoms with van der Waals surface area (Å²) in [4.78, 5) is 13.1. The minimum absolute atomic E-state index is 0.0347. The van der Waals surface area contributed by atoms with Crippen molar-refractivity contribution in [1.29, 1.82) is 0 Å². The molecule has 0 saturated heterocycles. The summed E-state index contributed by atoms with van der Waals surface area (Å²) in [5.74, 6) is -0.0478. The lowest BCUT2D eigenvalue weighted by Crippen LogP contribution is -2.27. The standard InChI is InChI=1S/C19H28N4O3S/c1-7-21(6)27(25,26)19-13(3)20-22(15(19)5)11-18(24)17-10-12(2)23(14(17)4)16-8-9-16/h10,16H,7-9,11H2,1-6H3. The van der Waals surface area contributed by atoms with E-state index in [1.807, 2.05) is 19.9 Å². The van der Waals surface area contributed by atoms with Gasteiger partial charge in [0.25, 0.3) is 0 Å². The van der Waals surface area contributed by atoms with E-state index in [2.05, 4.69) is 9.67 Å². The molecule has 0 unspecified atom stereocenters. The first-order chi connectivity index (χ1) is 12.6. The number of aromatic nitrogens is 3. The van der Waals surface area contributed by atoms with Crippen LogP contribution in [0, 0.1) is 27.7 Å². The molecule has 2 aromatic rings. The zero-order chi connectivity index (χ0) is 20.1. The number of carbonyl (C=O) groups is 1. The molecular weight excluding hydrogens is 364 g/mol. The van der Waals surface area contributed by atoms with Crippen molar-refractivity contribution < 1.29 is 13.2 Å². The second-order valence-corrected chi connectivity index (χ2v) is 9.37. The van der Waals surface area contributed by atoms with E-state index in [0.29, 0.717) is 29.5 Å². The van der Waals surface area contributed by atoms with Crippen LogP contribution in [0.3, 0.4) is 0 Å². The smallest absolute Gasteiger partial charge is 0.246 e. The lowest BCUT2D eigenvalue weighted by Gasteiger charge is -2.15. The molecule has 2 heterocycles. The van der Waals surface area contributed by atoms with Gasteiger partial charge in [-0.05, 0) is 46.6 Å². The average molecular weight is 393 g/mol. The number of carbonyl (C=O) groups excluding carboxylic acids is 1. The maximum Gasteiger partial charge on any atom is 0.246 e. The van der Waals surface area contributed by atoms with Crippen LogP contribution in [0.2, 0.25) is 0 Å².